The number of carbonyl (C=O) groups excluding carboxylic acids is 3. The SMILES string of the molecule is CCOc1ccc(/C=C2/SC(=O)N(CCNC(=O)Cc3coc4cc(C)ccc34)C2=O)cc1OC. The summed E-state index contributed by atoms with van der Waals surface area (Å²) in [6.07, 6.45) is 3.38. The lowest BCUT2D eigenvalue weighted by Gasteiger charge is -2.13. The zero-order chi connectivity index (χ0) is 24.9. The van der Waals surface area contributed by atoms with Crippen LogP contribution in [0.3, 0.4) is 0 Å². The van der Waals surface area contributed by atoms with E-state index < -0.39 is 5.91 Å². The molecule has 1 fully saturated rings. The average molecular weight is 495 g/mol. The van der Waals surface area contributed by atoms with Gasteiger partial charge in [0.05, 0.1) is 31.3 Å². The average Bonchev–Trinajstić information content (AvgIpc) is 3.34. The van der Waals surface area contributed by atoms with Crippen molar-refractivity contribution in [3.05, 3.63) is 64.3 Å². The molecule has 0 bridgehead atoms. The van der Waals surface area contributed by atoms with E-state index in [-0.39, 0.29) is 30.7 Å². The van der Waals surface area contributed by atoms with Crippen molar-refractivity contribution in [2.24, 2.45) is 0 Å². The van der Waals surface area contributed by atoms with Crippen molar-refractivity contribution in [1.82, 2.24) is 10.2 Å². The summed E-state index contributed by atoms with van der Waals surface area (Å²) in [5.41, 5.74) is 3.32. The van der Waals surface area contributed by atoms with Crippen LogP contribution in [0.4, 0.5) is 4.79 Å². The van der Waals surface area contributed by atoms with Gasteiger partial charge in [0.15, 0.2) is 11.5 Å². The van der Waals surface area contributed by atoms with Gasteiger partial charge in [0.2, 0.25) is 5.91 Å². The van der Waals surface area contributed by atoms with Gasteiger partial charge in [-0.2, -0.15) is 0 Å². The highest BCUT2D eigenvalue weighted by molar-refractivity contribution is 8.18. The molecule has 0 spiro atoms. The van der Waals surface area contributed by atoms with Gasteiger partial charge in [-0.25, -0.2) is 0 Å². The maximum Gasteiger partial charge on any atom is 0.293 e. The number of hydrogen-bond acceptors (Lipinski definition) is 7. The van der Waals surface area contributed by atoms with E-state index >= 15 is 0 Å². The number of ether oxygens (including phenoxy) is 2. The van der Waals surface area contributed by atoms with Crippen LogP contribution in [0.1, 0.15) is 23.6 Å². The number of hydrogen-bond donors (Lipinski definition) is 1. The van der Waals surface area contributed by atoms with Crippen molar-refractivity contribution in [3.63, 3.8) is 0 Å². The first-order chi connectivity index (χ1) is 16.9. The monoisotopic (exact) mass is 494 g/mol. The highest BCUT2D eigenvalue weighted by atomic mass is 32.2. The van der Waals surface area contributed by atoms with Gasteiger partial charge < -0.3 is 19.2 Å². The third kappa shape index (κ3) is 5.51. The minimum atomic E-state index is -0.390. The summed E-state index contributed by atoms with van der Waals surface area (Å²) in [4.78, 5) is 39.1. The Morgan fingerprint density at radius 1 is 1.17 bits per heavy atom. The van der Waals surface area contributed by atoms with Crippen molar-refractivity contribution in [2.75, 3.05) is 26.8 Å². The van der Waals surface area contributed by atoms with E-state index in [1.165, 1.54) is 0 Å². The van der Waals surface area contributed by atoms with E-state index in [0.717, 1.165) is 38.8 Å². The Labute approximate surface area is 207 Å². The zero-order valence-corrected chi connectivity index (χ0v) is 20.6. The summed E-state index contributed by atoms with van der Waals surface area (Å²) < 4.78 is 16.4. The van der Waals surface area contributed by atoms with Crippen LogP contribution >= 0.6 is 11.8 Å². The molecular weight excluding hydrogens is 468 g/mol. The molecule has 3 amide bonds. The molecule has 8 nitrogen and oxygen atoms in total. The number of rotatable bonds is 9. The van der Waals surface area contributed by atoms with Gasteiger partial charge in [-0.3, -0.25) is 19.3 Å². The number of methoxy groups -OCH3 is 1. The van der Waals surface area contributed by atoms with E-state index in [1.807, 2.05) is 32.0 Å². The largest absolute Gasteiger partial charge is 0.493 e. The van der Waals surface area contributed by atoms with E-state index in [2.05, 4.69) is 5.32 Å². The van der Waals surface area contributed by atoms with Gasteiger partial charge in [-0.1, -0.05) is 18.2 Å². The van der Waals surface area contributed by atoms with Crippen LogP contribution in [-0.4, -0.2) is 48.8 Å². The lowest BCUT2D eigenvalue weighted by molar-refractivity contribution is -0.124. The minimum Gasteiger partial charge on any atom is -0.493 e. The molecule has 0 saturated carbocycles. The summed E-state index contributed by atoms with van der Waals surface area (Å²) in [6, 6.07) is 11.1. The molecule has 1 aromatic heterocycles. The Hall–Kier alpha value is -3.72. The molecule has 9 heteroatoms. The molecule has 0 atom stereocenters. The molecule has 2 heterocycles. The fraction of sp³-hybridized carbons (Fsp3) is 0.269. The Bertz CT molecular complexity index is 1310. The summed E-state index contributed by atoms with van der Waals surface area (Å²) in [5.74, 6) is 0.549. The Balaban J connectivity index is 1.34. The van der Waals surface area contributed by atoms with Gasteiger partial charge in [-0.05, 0) is 61.0 Å². The number of furan rings is 1. The van der Waals surface area contributed by atoms with E-state index in [4.69, 9.17) is 13.9 Å². The fourth-order valence-corrected chi connectivity index (χ4v) is 4.63. The summed E-state index contributed by atoms with van der Waals surface area (Å²) in [7, 11) is 1.54. The quantitative estimate of drug-likeness (QED) is 0.436. The highest BCUT2D eigenvalue weighted by Gasteiger charge is 2.34. The molecule has 0 aliphatic carbocycles. The third-order valence-electron chi connectivity index (χ3n) is 5.48. The topological polar surface area (TPSA) is 98.1 Å². The van der Waals surface area contributed by atoms with Gasteiger partial charge in [0.1, 0.15) is 5.58 Å². The lowest BCUT2D eigenvalue weighted by atomic mass is 10.1. The van der Waals surface area contributed by atoms with Gasteiger partial charge in [0.25, 0.3) is 11.1 Å². The summed E-state index contributed by atoms with van der Waals surface area (Å²) in [6.45, 7) is 4.61. The first kappa shape index (κ1) is 24.4. The van der Waals surface area contributed by atoms with Crippen LogP contribution in [-0.2, 0) is 16.0 Å². The number of nitrogens with zero attached hydrogens (tertiary/aromatic N) is 1. The Kier molecular flexibility index (Phi) is 7.45. The predicted molar refractivity (Wildman–Crippen MR) is 135 cm³/mol. The molecule has 3 aromatic rings. The molecule has 1 saturated heterocycles. The number of amides is 3. The van der Waals surface area contributed by atoms with Crippen LogP contribution in [0.5, 0.6) is 11.5 Å². The predicted octanol–water partition coefficient (Wildman–Crippen LogP) is 4.54. The number of nitrogens with one attached hydrogen (secondary N) is 1. The van der Waals surface area contributed by atoms with E-state index in [1.54, 1.807) is 37.6 Å². The molecular formula is C26H26N2O6S. The zero-order valence-electron chi connectivity index (χ0n) is 19.8. The van der Waals surface area contributed by atoms with E-state index in [9.17, 15) is 14.4 Å². The highest BCUT2D eigenvalue weighted by Crippen LogP contribution is 2.34. The molecule has 1 aliphatic rings. The molecule has 2 aromatic carbocycles. The van der Waals surface area contributed by atoms with Crippen LogP contribution in [0, 0.1) is 6.92 Å². The number of thioether (sulfide) groups is 1. The Morgan fingerprint density at radius 3 is 2.77 bits per heavy atom. The summed E-state index contributed by atoms with van der Waals surface area (Å²) >= 11 is 0.871. The molecule has 35 heavy (non-hydrogen) atoms. The first-order valence-corrected chi connectivity index (χ1v) is 12.0. The maximum atomic E-state index is 12.8. The van der Waals surface area contributed by atoms with Gasteiger partial charge in [0, 0.05) is 24.0 Å². The standard InChI is InChI=1S/C26H26N2O6S/c1-4-33-20-8-6-17(12-22(20)32-3)13-23-25(30)28(26(31)35-23)10-9-27-24(29)14-18-15-34-21-11-16(2)5-7-19(18)21/h5-8,11-13,15H,4,9-10,14H2,1-3H3,(H,27,29)/b23-13+. The van der Waals surface area contributed by atoms with Crippen LogP contribution in [0.15, 0.2) is 52.0 Å². The lowest BCUT2D eigenvalue weighted by Crippen LogP contribution is -2.37. The number of carbonyl (C=O) groups is 3. The van der Waals surface area contributed by atoms with Gasteiger partial charge in [-0.15, -0.1) is 0 Å². The summed E-state index contributed by atoms with van der Waals surface area (Å²) in [5, 5.41) is 3.30. The van der Waals surface area contributed by atoms with Crippen molar-refractivity contribution in [1.29, 1.82) is 0 Å². The molecule has 1 N–H and O–H groups in total. The molecule has 0 unspecified atom stereocenters. The first-order valence-electron chi connectivity index (χ1n) is 11.2. The van der Waals surface area contributed by atoms with E-state index in [0.29, 0.717) is 28.6 Å². The number of fused-ring (bicyclic) bond motifs is 1. The molecule has 0 radical (unpaired) electrons. The molecule has 1 aliphatic heterocycles. The fourth-order valence-electron chi connectivity index (χ4n) is 3.76. The van der Waals surface area contributed by atoms with Crippen LogP contribution < -0.4 is 14.8 Å². The van der Waals surface area contributed by atoms with Crippen LogP contribution in [0.2, 0.25) is 0 Å². The molecule has 182 valence electrons. The smallest absolute Gasteiger partial charge is 0.293 e. The number of aryl methyl sites for hydroxylation is 1. The third-order valence-corrected chi connectivity index (χ3v) is 6.39. The van der Waals surface area contributed by atoms with Gasteiger partial charge >= 0.3 is 0 Å². The number of imide groups is 1. The maximum absolute atomic E-state index is 12.8. The molecule has 4 rings (SSSR count). The van der Waals surface area contributed by atoms with Crippen molar-refractivity contribution >= 4 is 45.9 Å². The second kappa shape index (κ2) is 10.7. The van der Waals surface area contributed by atoms with Crippen molar-refractivity contribution in [2.45, 2.75) is 20.3 Å². The second-order valence-corrected chi connectivity index (χ2v) is 8.96. The Morgan fingerprint density at radius 2 is 2.00 bits per heavy atom. The number of benzene rings is 2. The van der Waals surface area contributed by atoms with Crippen LogP contribution in [0.25, 0.3) is 17.0 Å². The normalized spacial score (nSPS) is 14.7. The van der Waals surface area contributed by atoms with Crippen molar-refractivity contribution in [3.8, 4) is 11.5 Å². The van der Waals surface area contributed by atoms with Crippen molar-refractivity contribution < 1.29 is 28.3 Å². The second-order valence-electron chi connectivity index (χ2n) is 7.96. The minimum absolute atomic E-state index is 0.0890.